The molecule has 1 aromatic rings. The van der Waals surface area contributed by atoms with Gasteiger partial charge in [0.05, 0.1) is 5.56 Å². The van der Waals surface area contributed by atoms with Crippen LogP contribution in [0.25, 0.3) is 0 Å². The molecule has 1 aliphatic rings. The van der Waals surface area contributed by atoms with Gasteiger partial charge in [0.25, 0.3) is 5.91 Å². The van der Waals surface area contributed by atoms with E-state index in [9.17, 15) is 4.79 Å². The number of carbonyl (C=O) groups is 1. The summed E-state index contributed by atoms with van der Waals surface area (Å²) in [6, 6.07) is 4.10. The monoisotopic (exact) mass is 376 g/mol. The van der Waals surface area contributed by atoms with E-state index in [2.05, 4.69) is 41.3 Å². The molecule has 1 aromatic heterocycles. The number of aromatic nitrogens is 1. The number of nitrogens with one attached hydrogen (secondary N) is 2. The highest BCUT2D eigenvalue weighted by atomic mass is 35.5. The maximum Gasteiger partial charge on any atom is 0.252 e. The standard InChI is InChI=1S/C17H28N4O.2ClH/c1-4-18-14(3)11-20-17(22)15-5-6-16(19-12-15)21-9-7-13(2)8-10-21;;/h5-6,12-14,18H,4,7-11H2,1-3H3,(H,20,22);2*1H/t14-;;/m1../s1. The Morgan fingerprint density at radius 1 is 1.33 bits per heavy atom. The summed E-state index contributed by atoms with van der Waals surface area (Å²) in [6.07, 6.45) is 4.11. The predicted molar refractivity (Wildman–Crippen MR) is 105 cm³/mol. The lowest BCUT2D eigenvalue weighted by Crippen LogP contribution is -2.38. The van der Waals surface area contributed by atoms with E-state index in [1.54, 1.807) is 6.20 Å². The normalized spacial score (nSPS) is 15.9. The molecule has 0 aliphatic carbocycles. The minimum atomic E-state index is -0.0592. The Morgan fingerprint density at radius 2 is 2.00 bits per heavy atom. The van der Waals surface area contributed by atoms with Crippen molar-refractivity contribution < 1.29 is 4.79 Å². The Bertz CT molecular complexity index is 476. The van der Waals surface area contributed by atoms with E-state index in [0.717, 1.165) is 31.4 Å². The van der Waals surface area contributed by atoms with Crippen LogP contribution < -0.4 is 15.5 Å². The highest BCUT2D eigenvalue weighted by Gasteiger charge is 2.17. The second kappa shape index (κ2) is 11.5. The minimum absolute atomic E-state index is 0. The van der Waals surface area contributed by atoms with E-state index in [4.69, 9.17) is 0 Å². The summed E-state index contributed by atoms with van der Waals surface area (Å²) in [5, 5.41) is 6.20. The van der Waals surface area contributed by atoms with Crippen molar-refractivity contribution in [3.8, 4) is 0 Å². The third-order valence-electron chi connectivity index (χ3n) is 4.24. The fourth-order valence-corrected chi connectivity index (χ4v) is 2.71. The molecule has 138 valence electrons. The molecule has 1 amide bonds. The predicted octanol–water partition coefficient (Wildman–Crippen LogP) is 2.89. The number of nitrogens with zero attached hydrogens (tertiary/aromatic N) is 2. The van der Waals surface area contributed by atoms with E-state index < -0.39 is 0 Å². The van der Waals surface area contributed by atoms with Crippen LogP contribution in [0.5, 0.6) is 0 Å². The summed E-state index contributed by atoms with van der Waals surface area (Å²) in [4.78, 5) is 18.9. The number of halogens is 2. The van der Waals surface area contributed by atoms with Crippen molar-refractivity contribution in [2.75, 3.05) is 31.1 Å². The Hall–Kier alpha value is -1.04. The molecule has 1 atom stereocenters. The largest absolute Gasteiger partial charge is 0.357 e. The number of carbonyl (C=O) groups excluding carboxylic acids is 1. The lowest BCUT2D eigenvalue weighted by atomic mass is 9.99. The molecule has 0 bridgehead atoms. The molecule has 1 aliphatic heterocycles. The van der Waals surface area contributed by atoms with Crippen molar-refractivity contribution in [2.24, 2.45) is 5.92 Å². The molecule has 7 heteroatoms. The molecule has 24 heavy (non-hydrogen) atoms. The molecular formula is C17H30Cl2N4O. The third-order valence-corrected chi connectivity index (χ3v) is 4.24. The van der Waals surface area contributed by atoms with Gasteiger partial charge in [-0.1, -0.05) is 13.8 Å². The molecule has 0 unspecified atom stereocenters. The SMILES string of the molecule is CCN[C@H](C)CNC(=O)c1ccc(N2CCC(C)CC2)nc1.Cl.Cl. The van der Waals surface area contributed by atoms with Crippen LogP contribution in [0.4, 0.5) is 5.82 Å². The summed E-state index contributed by atoms with van der Waals surface area (Å²) in [5.41, 5.74) is 0.623. The third kappa shape index (κ3) is 6.83. The van der Waals surface area contributed by atoms with Crippen LogP contribution in [-0.4, -0.2) is 43.1 Å². The van der Waals surface area contributed by atoms with E-state index >= 15 is 0 Å². The van der Waals surface area contributed by atoms with Crippen molar-refractivity contribution in [2.45, 2.75) is 39.7 Å². The maximum atomic E-state index is 12.1. The number of hydrogen-bond donors (Lipinski definition) is 2. The molecule has 1 fully saturated rings. The Morgan fingerprint density at radius 3 is 2.54 bits per heavy atom. The average Bonchev–Trinajstić information content (AvgIpc) is 2.54. The molecule has 1 saturated heterocycles. The first kappa shape index (κ1) is 23.0. The van der Waals surface area contributed by atoms with Crippen LogP contribution in [0, 0.1) is 5.92 Å². The summed E-state index contributed by atoms with van der Waals surface area (Å²) in [6.45, 7) is 10.1. The number of likely N-dealkylation sites (N-methyl/N-ethyl adjacent to an activating group) is 1. The maximum absolute atomic E-state index is 12.1. The van der Waals surface area contributed by atoms with Crippen molar-refractivity contribution >= 4 is 36.5 Å². The van der Waals surface area contributed by atoms with E-state index in [1.165, 1.54) is 12.8 Å². The Balaban J connectivity index is 0.00000264. The molecule has 5 nitrogen and oxygen atoms in total. The van der Waals surface area contributed by atoms with E-state index in [1.807, 2.05) is 12.1 Å². The minimum Gasteiger partial charge on any atom is -0.357 e. The van der Waals surface area contributed by atoms with Gasteiger partial charge in [-0.05, 0) is 44.4 Å². The van der Waals surface area contributed by atoms with Gasteiger partial charge in [-0.15, -0.1) is 24.8 Å². The van der Waals surface area contributed by atoms with Crippen molar-refractivity contribution in [1.82, 2.24) is 15.6 Å². The van der Waals surface area contributed by atoms with Crippen LogP contribution in [0.2, 0.25) is 0 Å². The average molecular weight is 377 g/mol. The Kier molecular flexibility index (Phi) is 11.0. The van der Waals surface area contributed by atoms with E-state index in [-0.39, 0.29) is 36.8 Å². The second-order valence-electron chi connectivity index (χ2n) is 6.24. The van der Waals surface area contributed by atoms with Gasteiger partial charge >= 0.3 is 0 Å². The number of hydrogen-bond acceptors (Lipinski definition) is 4. The lowest BCUT2D eigenvalue weighted by molar-refractivity contribution is 0.0950. The van der Waals surface area contributed by atoms with Gasteiger partial charge in [-0.2, -0.15) is 0 Å². The zero-order valence-corrected chi connectivity index (χ0v) is 16.4. The summed E-state index contributed by atoms with van der Waals surface area (Å²) >= 11 is 0. The first-order valence-electron chi connectivity index (χ1n) is 8.32. The quantitative estimate of drug-likeness (QED) is 0.801. The highest BCUT2D eigenvalue weighted by Crippen LogP contribution is 2.21. The van der Waals surface area contributed by atoms with Gasteiger partial charge in [0.2, 0.25) is 0 Å². The smallest absolute Gasteiger partial charge is 0.252 e. The van der Waals surface area contributed by atoms with Gasteiger partial charge in [0.1, 0.15) is 5.82 Å². The van der Waals surface area contributed by atoms with Crippen LogP contribution >= 0.6 is 24.8 Å². The summed E-state index contributed by atoms with van der Waals surface area (Å²) < 4.78 is 0. The van der Waals surface area contributed by atoms with Crippen LogP contribution in [0.15, 0.2) is 18.3 Å². The van der Waals surface area contributed by atoms with E-state index in [0.29, 0.717) is 12.1 Å². The van der Waals surface area contributed by atoms with Gasteiger partial charge in [0.15, 0.2) is 0 Å². The molecule has 2 rings (SSSR count). The van der Waals surface area contributed by atoms with Gasteiger partial charge in [-0.3, -0.25) is 4.79 Å². The van der Waals surface area contributed by atoms with Crippen LogP contribution in [0.3, 0.4) is 0 Å². The molecule has 0 saturated carbocycles. The van der Waals surface area contributed by atoms with Crippen molar-refractivity contribution in [3.63, 3.8) is 0 Å². The number of amides is 1. The van der Waals surface area contributed by atoms with Crippen LogP contribution in [-0.2, 0) is 0 Å². The first-order chi connectivity index (χ1) is 10.6. The highest BCUT2D eigenvalue weighted by molar-refractivity contribution is 5.94. The topological polar surface area (TPSA) is 57.3 Å². The molecular weight excluding hydrogens is 347 g/mol. The fourth-order valence-electron chi connectivity index (χ4n) is 2.71. The fraction of sp³-hybridized carbons (Fsp3) is 0.647. The lowest BCUT2D eigenvalue weighted by Gasteiger charge is -2.31. The summed E-state index contributed by atoms with van der Waals surface area (Å²) in [7, 11) is 0. The molecule has 2 N–H and O–H groups in total. The molecule has 0 radical (unpaired) electrons. The summed E-state index contributed by atoms with van der Waals surface area (Å²) in [5.74, 6) is 1.72. The number of piperidine rings is 1. The van der Waals surface area contributed by atoms with Gasteiger partial charge in [0, 0.05) is 31.9 Å². The van der Waals surface area contributed by atoms with Crippen LogP contribution in [0.1, 0.15) is 44.0 Å². The number of anilines is 1. The number of pyridine rings is 1. The molecule has 0 spiro atoms. The Labute approximate surface area is 157 Å². The zero-order valence-electron chi connectivity index (χ0n) is 14.7. The second-order valence-corrected chi connectivity index (χ2v) is 6.24. The van der Waals surface area contributed by atoms with Gasteiger partial charge < -0.3 is 15.5 Å². The molecule has 2 heterocycles. The number of rotatable bonds is 6. The zero-order chi connectivity index (χ0) is 15.9. The van der Waals surface area contributed by atoms with Gasteiger partial charge in [-0.25, -0.2) is 4.98 Å². The molecule has 0 aromatic carbocycles. The van der Waals surface area contributed by atoms with Crippen molar-refractivity contribution in [3.05, 3.63) is 23.9 Å². The van der Waals surface area contributed by atoms with Crippen molar-refractivity contribution in [1.29, 1.82) is 0 Å². The first-order valence-corrected chi connectivity index (χ1v) is 8.32.